The van der Waals surface area contributed by atoms with Crippen molar-refractivity contribution >= 4 is 33.2 Å². The van der Waals surface area contributed by atoms with Crippen LogP contribution in [0, 0.1) is 6.92 Å². The van der Waals surface area contributed by atoms with Crippen LogP contribution in [0.1, 0.15) is 16.1 Å². The lowest BCUT2D eigenvalue weighted by Crippen LogP contribution is -2.21. The molecule has 0 atom stereocenters. The molecule has 0 aliphatic heterocycles. The smallest absolute Gasteiger partial charge is 0.274 e. The van der Waals surface area contributed by atoms with Crippen LogP contribution in [-0.4, -0.2) is 43.0 Å². The van der Waals surface area contributed by atoms with Crippen molar-refractivity contribution in [3.05, 3.63) is 52.3 Å². The minimum atomic E-state index is -0.213. The Balaban J connectivity index is 1.97. The van der Waals surface area contributed by atoms with Crippen molar-refractivity contribution in [3.8, 4) is 0 Å². The minimum absolute atomic E-state index is 0.213. The third-order valence-corrected chi connectivity index (χ3v) is 3.81. The number of pyridine rings is 1. The number of carbonyl (C=O) groups excluding carboxylic acids is 1. The highest BCUT2D eigenvalue weighted by Crippen LogP contribution is 2.20. The Morgan fingerprint density at radius 2 is 2.04 bits per heavy atom. The van der Waals surface area contributed by atoms with E-state index in [2.05, 4.69) is 36.4 Å². The van der Waals surface area contributed by atoms with Crippen LogP contribution in [-0.2, 0) is 0 Å². The first kappa shape index (κ1) is 17.4. The Morgan fingerprint density at radius 3 is 2.65 bits per heavy atom. The van der Waals surface area contributed by atoms with Gasteiger partial charge in [-0.3, -0.25) is 4.79 Å². The lowest BCUT2D eigenvalue weighted by Gasteiger charge is -2.11. The molecule has 0 saturated heterocycles. The molecule has 5 nitrogen and oxygen atoms in total. The van der Waals surface area contributed by atoms with E-state index in [1.807, 2.05) is 45.3 Å². The summed E-state index contributed by atoms with van der Waals surface area (Å²) in [5.41, 5.74) is 3.08. The highest BCUT2D eigenvalue weighted by molar-refractivity contribution is 9.10. The normalized spacial score (nSPS) is 10.7. The molecule has 1 amide bonds. The van der Waals surface area contributed by atoms with Gasteiger partial charge in [0.2, 0.25) is 0 Å². The Hall–Kier alpha value is -1.92. The third-order valence-electron chi connectivity index (χ3n) is 3.32. The van der Waals surface area contributed by atoms with Crippen molar-refractivity contribution in [2.45, 2.75) is 6.92 Å². The molecule has 0 radical (unpaired) electrons. The molecule has 0 fully saturated rings. The van der Waals surface area contributed by atoms with Gasteiger partial charge in [-0.25, -0.2) is 4.98 Å². The number of aromatic nitrogens is 1. The predicted molar refractivity (Wildman–Crippen MR) is 98.1 cm³/mol. The van der Waals surface area contributed by atoms with Crippen molar-refractivity contribution in [3.63, 3.8) is 0 Å². The molecule has 1 heterocycles. The summed E-state index contributed by atoms with van der Waals surface area (Å²) in [5.74, 6) is -0.213. The van der Waals surface area contributed by atoms with Gasteiger partial charge in [-0.1, -0.05) is 15.9 Å². The average molecular weight is 377 g/mol. The van der Waals surface area contributed by atoms with Gasteiger partial charge in [-0.2, -0.15) is 0 Å². The number of rotatable bonds is 6. The van der Waals surface area contributed by atoms with Crippen LogP contribution in [0.5, 0.6) is 0 Å². The minimum Gasteiger partial charge on any atom is -0.383 e. The maximum Gasteiger partial charge on any atom is 0.274 e. The van der Waals surface area contributed by atoms with Crippen molar-refractivity contribution in [2.75, 3.05) is 37.8 Å². The Labute approximate surface area is 145 Å². The standard InChI is InChI=1S/C17H21BrN4O/c1-12-10-13(18)4-6-15(12)21-17(23)16-7-5-14(11-20-16)19-8-9-22(2)3/h4-7,10-11,19H,8-9H2,1-3H3,(H,21,23). The van der Waals surface area contributed by atoms with Gasteiger partial charge in [0.25, 0.3) is 5.91 Å². The molecule has 2 N–H and O–H groups in total. The summed E-state index contributed by atoms with van der Waals surface area (Å²) < 4.78 is 0.985. The van der Waals surface area contributed by atoms with Crippen LogP contribution < -0.4 is 10.6 Å². The lowest BCUT2D eigenvalue weighted by molar-refractivity contribution is 0.102. The molecule has 0 saturated carbocycles. The maximum absolute atomic E-state index is 12.3. The van der Waals surface area contributed by atoms with E-state index in [4.69, 9.17) is 0 Å². The monoisotopic (exact) mass is 376 g/mol. The summed E-state index contributed by atoms with van der Waals surface area (Å²) >= 11 is 3.41. The average Bonchev–Trinajstić information content (AvgIpc) is 2.50. The number of carbonyl (C=O) groups is 1. The Kier molecular flexibility index (Phi) is 6.12. The summed E-state index contributed by atoms with van der Waals surface area (Å²) in [6, 6.07) is 9.32. The summed E-state index contributed by atoms with van der Waals surface area (Å²) in [7, 11) is 4.05. The van der Waals surface area contributed by atoms with Crippen LogP contribution in [0.3, 0.4) is 0 Å². The molecule has 2 rings (SSSR count). The van der Waals surface area contributed by atoms with E-state index in [1.54, 1.807) is 12.3 Å². The number of nitrogens with zero attached hydrogens (tertiary/aromatic N) is 2. The summed E-state index contributed by atoms with van der Waals surface area (Å²) in [5, 5.41) is 6.15. The van der Waals surface area contributed by atoms with Gasteiger partial charge < -0.3 is 15.5 Å². The topological polar surface area (TPSA) is 57.3 Å². The van der Waals surface area contributed by atoms with Gasteiger partial charge in [0.15, 0.2) is 0 Å². The number of halogens is 1. The van der Waals surface area contributed by atoms with Crippen molar-refractivity contribution in [1.29, 1.82) is 0 Å². The molecule has 6 heteroatoms. The molecule has 0 unspecified atom stereocenters. The van der Waals surface area contributed by atoms with Gasteiger partial charge in [0, 0.05) is 23.2 Å². The van der Waals surface area contributed by atoms with Gasteiger partial charge in [0.1, 0.15) is 5.69 Å². The summed E-state index contributed by atoms with van der Waals surface area (Å²) in [4.78, 5) is 18.6. The number of nitrogens with one attached hydrogen (secondary N) is 2. The number of benzene rings is 1. The molecule has 23 heavy (non-hydrogen) atoms. The first-order valence-corrected chi connectivity index (χ1v) is 8.17. The fraction of sp³-hybridized carbons (Fsp3) is 0.294. The fourth-order valence-corrected chi connectivity index (χ4v) is 2.49. The van der Waals surface area contributed by atoms with E-state index >= 15 is 0 Å². The number of hydrogen-bond donors (Lipinski definition) is 2. The zero-order chi connectivity index (χ0) is 16.8. The second-order valence-corrected chi connectivity index (χ2v) is 6.49. The molecule has 122 valence electrons. The first-order chi connectivity index (χ1) is 11.0. The van der Waals surface area contributed by atoms with Crippen LogP contribution in [0.25, 0.3) is 0 Å². The zero-order valence-electron chi connectivity index (χ0n) is 13.6. The SMILES string of the molecule is Cc1cc(Br)ccc1NC(=O)c1ccc(NCCN(C)C)cn1. The third kappa shape index (κ3) is 5.33. The van der Waals surface area contributed by atoms with Gasteiger partial charge >= 0.3 is 0 Å². The Bertz CT molecular complexity index is 671. The van der Waals surface area contributed by atoms with Gasteiger partial charge in [-0.05, 0) is 56.9 Å². The maximum atomic E-state index is 12.3. The largest absolute Gasteiger partial charge is 0.383 e. The van der Waals surface area contributed by atoms with Crippen LogP contribution in [0.2, 0.25) is 0 Å². The van der Waals surface area contributed by atoms with E-state index in [1.165, 1.54) is 0 Å². The number of aryl methyl sites for hydroxylation is 1. The fourth-order valence-electron chi connectivity index (χ4n) is 2.01. The van der Waals surface area contributed by atoms with Crippen molar-refractivity contribution in [2.24, 2.45) is 0 Å². The second kappa shape index (κ2) is 8.08. The molecule has 0 aliphatic carbocycles. The van der Waals surface area contributed by atoms with E-state index in [0.29, 0.717) is 5.69 Å². The molecule has 1 aromatic carbocycles. The van der Waals surface area contributed by atoms with E-state index in [-0.39, 0.29) is 5.91 Å². The lowest BCUT2D eigenvalue weighted by atomic mass is 10.2. The van der Waals surface area contributed by atoms with Crippen LogP contribution in [0.15, 0.2) is 41.0 Å². The molecular weight excluding hydrogens is 356 g/mol. The number of anilines is 2. The van der Waals surface area contributed by atoms with Gasteiger partial charge in [0.05, 0.1) is 11.9 Å². The number of amides is 1. The molecule has 1 aromatic heterocycles. The van der Waals surface area contributed by atoms with Gasteiger partial charge in [-0.15, -0.1) is 0 Å². The number of likely N-dealkylation sites (N-methyl/N-ethyl adjacent to an activating group) is 1. The molecule has 0 spiro atoms. The molecular formula is C17H21BrN4O. The van der Waals surface area contributed by atoms with E-state index in [9.17, 15) is 4.79 Å². The van der Waals surface area contributed by atoms with Crippen LogP contribution >= 0.6 is 15.9 Å². The summed E-state index contributed by atoms with van der Waals surface area (Å²) in [6.45, 7) is 3.72. The summed E-state index contributed by atoms with van der Waals surface area (Å²) in [6.07, 6.45) is 1.68. The molecule has 2 aromatic rings. The molecule has 0 bridgehead atoms. The molecule has 0 aliphatic rings. The van der Waals surface area contributed by atoms with E-state index in [0.717, 1.165) is 34.5 Å². The van der Waals surface area contributed by atoms with Crippen molar-refractivity contribution < 1.29 is 4.79 Å². The highest BCUT2D eigenvalue weighted by Gasteiger charge is 2.09. The van der Waals surface area contributed by atoms with E-state index < -0.39 is 0 Å². The number of hydrogen-bond acceptors (Lipinski definition) is 4. The quantitative estimate of drug-likeness (QED) is 0.811. The first-order valence-electron chi connectivity index (χ1n) is 7.38. The second-order valence-electron chi connectivity index (χ2n) is 5.58. The van der Waals surface area contributed by atoms with Crippen molar-refractivity contribution in [1.82, 2.24) is 9.88 Å². The Morgan fingerprint density at radius 1 is 1.26 bits per heavy atom. The zero-order valence-corrected chi connectivity index (χ0v) is 15.1. The predicted octanol–water partition coefficient (Wildman–Crippen LogP) is 3.38. The highest BCUT2D eigenvalue weighted by atomic mass is 79.9. The van der Waals surface area contributed by atoms with Crippen LogP contribution in [0.4, 0.5) is 11.4 Å².